The molecule has 2 saturated heterocycles. The topological polar surface area (TPSA) is 59.6 Å². The summed E-state index contributed by atoms with van der Waals surface area (Å²) >= 11 is 0. The van der Waals surface area contributed by atoms with Crippen LogP contribution in [-0.4, -0.2) is 44.5 Å². The van der Waals surface area contributed by atoms with E-state index in [4.69, 9.17) is 8.85 Å². The quantitative estimate of drug-likeness (QED) is 0.710. The SMILES string of the molecule is CO[Si](=O)OC(C1CC(C)(C)NC(C)(C)C1)C1CC(C)(C)NC(C)(C)C1. The van der Waals surface area contributed by atoms with Gasteiger partial charge in [0.15, 0.2) is 0 Å². The lowest BCUT2D eigenvalue weighted by atomic mass is 9.66. The summed E-state index contributed by atoms with van der Waals surface area (Å²) in [5.41, 5.74) is 0.146. The Morgan fingerprint density at radius 3 is 1.35 bits per heavy atom. The van der Waals surface area contributed by atoms with Gasteiger partial charge in [0.1, 0.15) is 0 Å². The van der Waals surface area contributed by atoms with E-state index >= 15 is 0 Å². The number of hydrogen-bond donors (Lipinski definition) is 2. The van der Waals surface area contributed by atoms with Gasteiger partial charge in [0, 0.05) is 22.2 Å². The predicted molar refractivity (Wildman–Crippen MR) is 106 cm³/mol. The molecule has 0 aromatic heterocycles. The van der Waals surface area contributed by atoms with Crippen LogP contribution in [0.4, 0.5) is 0 Å². The molecule has 0 atom stereocenters. The highest BCUT2D eigenvalue weighted by atomic mass is 28.3. The highest BCUT2D eigenvalue weighted by Gasteiger charge is 2.48. The maximum absolute atomic E-state index is 12.3. The first-order chi connectivity index (χ1) is 11.6. The standard InChI is InChI=1S/C20H40N2O3Si/c1-17(2)10-14(11-18(3,4)21-17)16(25-26(23)24-9)15-12-19(5,6)22-20(7,8)13-15/h14-16,21-22H,10-13H2,1-9H3. The van der Waals surface area contributed by atoms with Gasteiger partial charge in [0.05, 0.1) is 13.2 Å². The van der Waals surface area contributed by atoms with Gasteiger partial charge in [-0.25, -0.2) is 0 Å². The van der Waals surface area contributed by atoms with Gasteiger partial charge in [-0.05, 0) is 92.9 Å². The van der Waals surface area contributed by atoms with Gasteiger partial charge >= 0.3 is 9.17 Å². The average molecular weight is 385 g/mol. The molecule has 0 aromatic carbocycles. The molecule has 2 heterocycles. The number of rotatable bonds is 5. The number of nitrogens with one attached hydrogen (secondary N) is 2. The fourth-order valence-electron chi connectivity index (χ4n) is 6.00. The Morgan fingerprint density at radius 1 is 0.769 bits per heavy atom. The van der Waals surface area contributed by atoms with E-state index in [-0.39, 0.29) is 28.3 Å². The highest BCUT2D eigenvalue weighted by molar-refractivity contribution is 6.26. The summed E-state index contributed by atoms with van der Waals surface area (Å²) in [5, 5.41) is 7.50. The first-order valence-corrected chi connectivity index (χ1v) is 11.2. The third-order valence-corrected chi connectivity index (χ3v) is 6.57. The second-order valence-electron chi connectivity index (χ2n) is 11.2. The molecule has 5 nitrogen and oxygen atoms in total. The van der Waals surface area contributed by atoms with Crippen LogP contribution >= 0.6 is 0 Å². The van der Waals surface area contributed by atoms with Gasteiger partial charge in [0.2, 0.25) is 0 Å². The molecule has 0 spiro atoms. The zero-order valence-electron chi connectivity index (χ0n) is 18.3. The van der Waals surface area contributed by atoms with Gasteiger partial charge in [0.25, 0.3) is 0 Å². The maximum Gasteiger partial charge on any atom is 0.767 e. The molecule has 0 aliphatic carbocycles. The van der Waals surface area contributed by atoms with Gasteiger partial charge in [-0.3, -0.25) is 4.46 Å². The van der Waals surface area contributed by atoms with Crippen LogP contribution in [0.25, 0.3) is 0 Å². The highest BCUT2D eigenvalue weighted by Crippen LogP contribution is 2.43. The molecule has 0 unspecified atom stereocenters. The molecule has 26 heavy (non-hydrogen) atoms. The molecule has 2 aliphatic heterocycles. The lowest BCUT2D eigenvalue weighted by Crippen LogP contribution is -2.63. The number of piperidine rings is 2. The van der Waals surface area contributed by atoms with Crippen LogP contribution < -0.4 is 10.6 Å². The maximum atomic E-state index is 12.3. The molecular formula is C20H40N2O3Si. The molecule has 0 aromatic rings. The smallest absolute Gasteiger partial charge is 0.499 e. The van der Waals surface area contributed by atoms with Crippen molar-refractivity contribution in [2.24, 2.45) is 11.8 Å². The van der Waals surface area contributed by atoms with E-state index in [1.165, 1.54) is 7.11 Å². The van der Waals surface area contributed by atoms with Crippen molar-refractivity contribution >= 4 is 9.17 Å². The predicted octanol–water partition coefficient (Wildman–Crippen LogP) is 3.55. The van der Waals surface area contributed by atoms with Crippen molar-refractivity contribution in [3.05, 3.63) is 0 Å². The normalized spacial score (nSPS) is 27.9. The van der Waals surface area contributed by atoms with E-state index < -0.39 is 9.17 Å². The van der Waals surface area contributed by atoms with E-state index in [1.807, 2.05) is 0 Å². The fraction of sp³-hybridized carbons (Fsp3) is 1.00. The average Bonchev–Trinajstić information content (AvgIpc) is 2.37. The van der Waals surface area contributed by atoms with Crippen molar-refractivity contribution in [3.8, 4) is 0 Å². The summed E-state index contributed by atoms with van der Waals surface area (Å²) in [7, 11) is -0.985. The summed E-state index contributed by atoms with van der Waals surface area (Å²) < 4.78 is 23.4. The molecule has 0 radical (unpaired) electrons. The van der Waals surface area contributed by atoms with Crippen molar-refractivity contribution in [2.75, 3.05) is 7.11 Å². The summed E-state index contributed by atoms with van der Waals surface area (Å²) in [4.78, 5) is 0. The Hall–Kier alpha value is -0.463. The van der Waals surface area contributed by atoms with E-state index in [0.717, 1.165) is 25.7 Å². The van der Waals surface area contributed by atoms with Crippen LogP contribution in [-0.2, 0) is 13.3 Å². The molecule has 2 rings (SSSR count). The lowest BCUT2D eigenvalue weighted by molar-refractivity contribution is -0.0397. The van der Waals surface area contributed by atoms with Crippen molar-refractivity contribution in [3.63, 3.8) is 0 Å². The van der Waals surface area contributed by atoms with E-state index in [2.05, 4.69) is 66.0 Å². The van der Waals surface area contributed by atoms with Crippen LogP contribution in [0.2, 0.25) is 0 Å². The minimum absolute atomic E-state index is 0.0365. The molecule has 2 aliphatic rings. The van der Waals surface area contributed by atoms with E-state index in [9.17, 15) is 4.46 Å². The van der Waals surface area contributed by atoms with Crippen LogP contribution in [0.5, 0.6) is 0 Å². The number of hydrogen-bond acceptors (Lipinski definition) is 5. The van der Waals surface area contributed by atoms with Crippen molar-refractivity contribution in [2.45, 2.75) is 109 Å². The molecule has 0 amide bonds. The third-order valence-electron chi connectivity index (χ3n) is 5.77. The van der Waals surface area contributed by atoms with Gasteiger partial charge in [-0.1, -0.05) is 0 Å². The summed E-state index contributed by atoms with van der Waals surface area (Å²) in [6, 6.07) is 0. The van der Waals surface area contributed by atoms with Crippen molar-refractivity contribution in [1.29, 1.82) is 0 Å². The largest absolute Gasteiger partial charge is 0.767 e. The van der Waals surface area contributed by atoms with E-state index in [1.54, 1.807) is 0 Å². The van der Waals surface area contributed by atoms with Crippen LogP contribution in [0.3, 0.4) is 0 Å². The fourth-order valence-corrected chi connectivity index (χ4v) is 6.71. The molecule has 0 bridgehead atoms. The van der Waals surface area contributed by atoms with Crippen LogP contribution in [0.1, 0.15) is 81.1 Å². The second kappa shape index (κ2) is 7.17. The lowest BCUT2D eigenvalue weighted by Gasteiger charge is -2.53. The Morgan fingerprint density at radius 2 is 1.08 bits per heavy atom. The zero-order valence-corrected chi connectivity index (χ0v) is 19.3. The van der Waals surface area contributed by atoms with Gasteiger partial charge in [-0.2, -0.15) is 0 Å². The summed E-state index contributed by atoms with van der Waals surface area (Å²) in [6.45, 7) is 18.1. The first kappa shape index (κ1) is 21.8. The zero-order chi connectivity index (χ0) is 20.0. The van der Waals surface area contributed by atoms with Gasteiger partial charge in [-0.15, -0.1) is 0 Å². The van der Waals surface area contributed by atoms with Crippen molar-refractivity contribution in [1.82, 2.24) is 10.6 Å². The first-order valence-electron chi connectivity index (χ1n) is 9.97. The Kier molecular flexibility index (Phi) is 6.02. The Balaban J connectivity index is 2.32. The molecule has 6 heteroatoms. The molecule has 152 valence electrons. The van der Waals surface area contributed by atoms with Crippen LogP contribution in [0.15, 0.2) is 0 Å². The van der Waals surface area contributed by atoms with Crippen molar-refractivity contribution < 1.29 is 13.3 Å². The molecule has 2 N–H and O–H groups in total. The molecule has 2 fully saturated rings. The van der Waals surface area contributed by atoms with Gasteiger partial charge < -0.3 is 19.5 Å². The summed E-state index contributed by atoms with van der Waals surface area (Å²) in [6.07, 6.45) is 4.04. The summed E-state index contributed by atoms with van der Waals surface area (Å²) in [5.74, 6) is 0.722. The molecular weight excluding hydrogens is 344 g/mol. The second-order valence-corrected chi connectivity index (χ2v) is 12.3. The minimum Gasteiger partial charge on any atom is -0.499 e. The third kappa shape index (κ3) is 5.77. The van der Waals surface area contributed by atoms with E-state index in [0.29, 0.717) is 11.8 Å². The minimum atomic E-state index is -2.46. The monoisotopic (exact) mass is 384 g/mol. The molecule has 0 saturated carbocycles. The Labute approximate surface area is 161 Å². The Bertz CT molecular complexity index is 461. The van der Waals surface area contributed by atoms with Crippen LogP contribution in [0, 0.1) is 11.8 Å².